The molecule has 3 heteroatoms. The van der Waals surface area contributed by atoms with Gasteiger partial charge in [0, 0.05) is 5.92 Å². The van der Waals surface area contributed by atoms with Gasteiger partial charge in [-0.1, -0.05) is 54.4 Å². The van der Waals surface area contributed by atoms with Crippen LogP contribution in [0.15, 0.2) is 48.5 Å². The maximum absolute atomic E-state index is 12.8. The maximum atomic E-state index is 12.8. The first-order valence-electron chi connectivity index (χ1n) is 7.97. The Morgan fingerprint density at radius 2 is 1.35 bits per heavy atom. The Morgan fingerprint density at radius 1 is 0.826 bits per heavy atom. The summed E-state index contributed by atoms with van der Waals surface area (Å²) in [5, 5.41) is 0. The summed E-state index contributed by atoms with van der Waals surface area (Å²) >= 11 is 0. The molecule has 0 spiro atoms. The summed E-state index contributed by atoms with van der Waals surface area (Å²) in [5.41, 5.74) is 4.07. The third-order valence-corrected chi connectivity index (χ3v) is 4.62. The highest BCUT2D eigenvalue weighted by Crippen LogP contribution is 2.33. The fraction of sp³-hybridized carbons (Fsp3) is 0.300. The molecule has 1 heterocycles. The second-order valence-corrected chi connectivity index (χ2v) is 6.43. The SMILES string of the molecule is Cc1ccc(C[C@H]2C(=O)N(c3ccc(C)cc3)C(=O)[C@H]2C)cc1. The van der Waals surface area contributed by atoms with E-state index in [1.807, 2.05) is 69.3 Å². The molecule has 2 aromatic carbocycles. The number of amides is 2. The van der Waals surface area contributed by atoms with E-state index in [0.29, 0.717) is 12.1 Å². The molecule has 1 saturated heterocycles. The van der Waals surface area contributed by atoms with Crippen molar-refractivity contribution in [3.05, 3.63) is 65.2 Å². The van der Waals surface area contributed by atoms with Gasteiger partial charge in [0.25, 0.3) is 0 Å². The molecule has 0 radical (unpaired) electrons. The monoisotopic (exact) mass is 307 g/mol. The number of nitrogens with zero attached hydrogens (tertiary/aromatic N) is 1. The van der Waals surface area contributed by atoms with Crippen LogP contribution in [0.4, 0.5) is 5.69 Å². The van der Waals surface area contributed by atoms with E-state index in [1.165, 1.54) is 10.5 Å². The molecule has 23 heavy (non-hydrogen) atoms. The maximum Gasteiger partial charge on any atom is 0.238 e. The van der Waals surface area contributed by atoms with Crippen molar-refractivity contribution in [2.45, 2.75) is 27.2 Å². The summed E-state index contributed by atoms with van der Waals surface area (Å²) < 4.78 is 0. The summed E-state index contributed by atoms with van der Waals surface area (Å²) in [6.45, 7) is 5.88. The van der Waals surface area contributed by atoms with E-state index in [1.54, 1.807) is 0 Å². The Labute approximate surface area is 136 Å². The Bertz CT molecular complexity index is 731. The quantitative estimate of drug-likeness (QED) is 0.811. The summed E-state index contributed by atoms with van der Waals surface area (Å²) in [5.74, 6) is -0.764. The van der Waals surface area contributed by atoms with Crippen molar-refractivity contribution in [3.63, 3.8) is 0 Å². The van der Waals surface area contributed by atoms with Crippen LogP contribution >= 0.6 is 0 Å². The first-order chi connectivity index (χ1) is 11.0. The smallest absolute Gasteiger partial charge is 0.238 e. The molecular formula is C20H21NO2. The predicted octanol–water partition coefficient (Wildman–Crippen LogP) is 3.67. The van der Waals surface area contributed by atoms with Crippen LogP contribution in [-0.4, -0.2) is 11.8 Å². The zero-order valence-corrected chi connectivity index (χ0v) is 13.7. The van der Waals surface area contributed by atoms with Gasteiger partial charge in [0.15, 0.2) is 0 Å². The normalized spacial score (nSPS) is 21.1. The molecule has 3 nitrogen and oxygen atoms in total. The molecule has 3 rings (SSSR count). The van der Waals surface area contributed by atoms with Gasteiger partial charge >= 0.3 is 0 Å². The highest BCUT2D eigenvalue weighted by molar-refractivity contribution is 6.21. The fourth-order valence-electron chi connectivity index (χ4n) is 3.05. The molecule has 1 aliphatic heterocycles. The zero-order valence-electron chi connectivity index (χ0n) is 13.7. The van der Waals surface area contributed by atoms with Crippen molar-refractivity contribution in [1.82, 2.24) is 0 Å². The number of hydrogen-bond donors (Lipinski definition) is 0. The van der Waals surface area contributed by atoms with Crippen molar-refractivity contribution >= 4 is 17.5 Å². The van der Waals surface area contributed by atoms with Crippen molar-refractivity contribution in [1.29, 1.82) is 0 Å². The summed E-state index contributed by atoms with van der Waals surface area (Å²) in [4.78, 5) is 26.7. The fourth-order valence-corrected chi connectivity index (χ4v) is 3.05. The molecule has 0 bridgehead atoms. The van der Waals surface area contributed by atoms with Gasteiger partial charge in [0.2, 0.25) is 11.8 Å². The third-order valence-electron chi connectivity index (χ3n) is 4.62. The first-order valence-corrected chi connectivity index (χ1v) is 7.97. The van der Waals surface area contributed by atoms with Crippen LogP contribution in [0, 0.1) is 25.7 Å². The molecule has 1 aliphatic rings. The molecule has 2 aromatic rings. The molecule has 0 saturated carbocycles. The lowest BCUT2D eigenvalue weighted by Crippen LogP contribution is -2.31. The van der Waals surface area contributed by atoms with Crippen LogP contribution < -0.4 is 4.90 Å². The Balaban J connectivity index is 1.85. The van der Waals surface area contributed by atoms with Crippen LogP contribution in [-0.2, 0) is 16.0 Å². The average Bonchev–Trinajstić information content (AvgIpc) is 2.74. The van der Waals surface area contributed by atoms with Gasteiger partial charge in [-0.15, -0.1) is 0 Å². The molecule has 118 valence electrons. The van der Waals surface area contributed by atoms with Crippen LogP contribution in [0.2, 0.25) is 0 Å². The van der Waals surface area contributed by atoms with Gasteiger partial charge in [-0.2, -0.15) is 0 Å². The molecule has 0 unspecified atom stereocenters. The van der Waals surface area contributed by atoms with Crippen molar-refractivity contribution in [3.8, 4) is 0 Å². The predicted molar refractivity (Wildman–Crippen MR) is 91.2 cm³/mol. The first kappa shape index (κ1) is 15.5. The highest BCUT2D eigenvalue weighted by atomic mass is 16.2. The number of carbonyl (C=O) groups excluding carboxylic acids is 2. The number of benzene rings is 2. The van der Waals surface area contributed by atoms with Gasteiger partial charge in [-0.3, -0.25) is 14.5 Å². The van der Waals surface area contributed by atoms with Gasteiger partial charge in [-0.25, -0.2) is 0 Å². The van der Waals surface area contributed by atoms with E-state index in [-0.39, 0.29) is 23.7 Å². The molecule has 0 aliphatic carbocycles. The minimum absolute atomic E-state index is 0.0908. The van der Waals surface area contributed by atoms with Crippen LogP contribution in [0.3, 0.4) is 0 Å². The van der Waals surface area contributed by atoms with Crippen molar-refractivity contribution in [2.75, 3.05) is 4.90 Å². The van der Waals surface area contributed by atoms with Crippen LogP contribution in [0.1, 0.15) is 23.6 Å². The molecular weight excluding hydrogens is 286 g/mol. The number of aryl methyl sites for hydroxylation is 2. The molecule has 1 fully saturated rings. The van der Waals surface area contributed by atoms with Crippen molar-refractivity contribution < 1.29 is 9.59 Å². The van der Waals surface area contributed by atoms with Crippen LogP contribution in [0.5, 0.6) is 0 Å². The van der Waals surface area contributed by atoms with Crippen molar-refractivity contribution in [2.24, 2.45) is 11.8 Å². The molecule has 2 amide bonds. The second kappa shape index (κ2) is 5.99. The lowest BCUT2D eigenvalue weighted by molar-refractivity contribution is -0.122. The topological polar surface area (TPSA) is 37.4 Å². The summed E-state index contributed by atoms with van der Waals surface area (Å²) in [6, 6.07) is 15.7. The number of carbonyl (C=O) groups is 2. The van der Waals surface area contributed by atoms with Gasteiger partial charge in [0.1, 0.15) is 0 Å². The number of hydrogen-bond acceptors (Lipinski definition) is 2. The summed E-state index contributed by atoms with van der Waals surface area (Å²) in [6.07, 6.45) is 0.606. The van der Waals surface area contributed by atoms with Crippen LogP contribution in [0.25, 0.3) is 0 Å². The van der Waals surface area contributed by atoms with Gasteiger partial charge in [0.05, 0.1) is 11.6 Å². The average molecular weight is 307 g/mol. The largest absolute Gasteiger partial charge is 0.274 e. The third kappa shape index (κ3) is 2.91. The number of anilines is 1. The van der Waals surface area contributed by atoms with E-state index in [4.69, 9.17) is 0 Å². The van der Waals surface area contributed by atoms with E-state index >= 15 is 0 Å². The lowest BCUT2D eigenvalue weighted by atomic mass is 9.90. The highest BCUT2D eigenvalue weighted by Gasteiger charge is 2.45. The van der Waals surface area contributed by atoms with E-state index in [0.717, 1.165) is 11.1 Å². The summed E-state index contributed by atoms with van der Waals surface area (Å²) in [7, 11) is 0. The zero-order chi connectivity index (χ0) is 16.6. The Hall–Kier alpha value is -2.42. The Kier molecular flexibility index (Phi) is 4.03. The van der Waals surface area contributed by atoms with Gasteiger partial charge < -0.3 is 0 Å². The van der Waals surface area contributed by atoms with E-state index in [2.05, 4.69) is 0 Å². The van der Waals surface area contributed by atoms with Gasteiger partial charge in [-0.05, 0) is 38.0 Å². The number of imide groups is 1. The minimum Gasteiger partial charge on any atom is -0.274 e. The standard InChI is InChI=1S/C20H21NO2/c1-13-4-8-16(9-5-13)12-18-15(3)19(22)21(20(18)23)17-10-6-14(2)7-11-17/h4-11,15,18H,12H2,1-3H3/t15-,18+/m0/s1. The molecule has 0 aromatic heterocycles. The second-order valence-electron chi connectivity index (χ2n) is 6.43. The minimum atomic E-state index is -0.287. The van der Waals surface area contributed by atoms with E-state index in [9.17, 15) is 9.59 Å². The molecule has 0 N–H and O–H groups in total. The van der Waals surface area contributed by atoms with E-state index < -0.39 is 0 Å². The Morgan fingerprint density at radius 3 is 1.91 bits per heavy atom. The number of rotatable bonds is 3. The molecule has 2 atom stereocenters. The lowest BCUT2D eigenvalue weighted by Gasteiger charge is -2.15.